The Morgan fingerprint density at radius 1 is 1.16 bits per heavy atom. The molecule has 2 aliphatic rings. The highest BCUT2D eigenvalue weighted by molar-refractivity contribution is 9.10. The maximum atomic E-state index is 12.4. The largest absolute Gasteiger partial charge is 0.364 e. The van der Waals surface area contributed by atoms with Crippen LogP contribution in [0.5, 0.6) is 0 Å². The molecule has 1 aliphatic carbocycles. The Morgan fingerprint density at radius 3 is 2.63 bits per heavy atom. The molecule has 4 heteroatoms. The smallest absolute Gasteiger partial charge is 0.246 e. The van der Waals surface area contributed by atoms with Gasteiger partial charge in [0.1, 0.15) is 0 Å². The van der Waals surface area contributed by atoms with Crippen molar-refractivity contribution in [3.05, 3.63) is 22.7 Å². The first kappa shape index (κ1) is 13.0. The van der Waals surface area contributed by atoms with Crippen molar-refractivity contribution in [3.63, 3.8) is 0 Å². The SMILES string of the molecule is CN1CC(=O)N(C2CCCCC2)c2ccc(Br)cc21. The Balaban J connectivity index is 2.00. The molecule has 19 heavy (non-hydrogen) atoms. The average molecular weight is 323 g/mol. The first-order chi connectivity index (χ1) is 9.16. The number of nitrogens with zero attached hydrogens (tertiary/aromatic N) is 2. The van der Waals surface area contributed by atoms with Gasteiger partial charge >= 0.3 is 0 Å². The fourth-order valence-corrected chi connectivity index (χ4v) is 3.59. The van der Waals surface area contributed by atoms with Crippen LogP contribution in [0, 0.1) is 0 Å². The van der Waals surface area contributed by atoms with Gasteiger partial charge in [-0.15, -0.1) is 0 Å². The summed E-state index contributed by atoms with van der Waals surface area (Å²) in [5.74, 6) is 0.240. The van der Waals surface area contributed by atoms with Crippen molar-refractivity contribution in [1.29, 1.82) is 0 Å². The summed E-state index contributed by atoms with van der Waals surface area (Å²) in [6.45, 7) is 0.486. The van der Waals surface area contributed by atoms with Crippen molar-refractivity contribution in [3.8, 4) is 0 Å². The van der Waals surface area contributed by atoms with Gasteiger partial charge in [0.2, 0.25) is 5.91 Å². The predicted molar refractivity (Wildman–Crippen MR) is 81.8 cm³/mol. The van der Waals surface area contributed by atoms with Crippen LogP contribution in [0.3, 0.4) is 0 Å². The quantitative estimate of drug-likeness (QED) is 0.789. The summed E-state index contributed by atoms with van der Waals surface area (Å²) in [5, 5.41) is 0. The van der Waals surface area contributed by atoms with Crippen molar-refractivity contribution >= 4 is 33.2 Å². The summed E-state index contributed by atoms with van der Waals surface area (Å²) >= 11 is 3.52. The third-order valence-corrected chi connectivity index (χ3v) is 4.68. The van der Waals surface area contributed by atoms with Crippen LogP contribution in [0.25, 0.3) is 0 Å². The molecule has 102 valence electrons. The highest BCUT2D eigenvalue weighted by Crippen LogP contribution is 2.38. The summed E-state index contributed by atoms with van der Waals surface area (Å²) in [4.78, 5) is 16.5. The molecule has 0 saturated heterocycles. The number of hydrogen-bond donors (Lipinski definition) is 0. The van der Waals surface area contributed by atoms with Crippen LogP contribution in [0.1, 0.15) is 32.1 Å². The minimum absolute atomic E-state index is 0.240. The van der Waals surface area contributed by atoms with E-state index in [0.29, 0.717) is 12.6 Å². The van der Waals surface area contributed by atoms with Crippen molar-refractivity contribution < 1.29 is 4.79 Å². The minimum Gasteiger partial charge on any atom is -0.364 e. The highest BCUT2D eigenvalue weighted by Gasteiger charge is 2.33. The molecule has 1 aromatic carbocycles. The third kappa shape index (κ3) is 2.38. The number of benzene rings is 1. The van der Waals surface area contributed by atoms with Crippen molar-refractivity contribution in [2.45, 2.75) is 38.1 Å². The number of hydrogen-bond acceptors (Lipinski definition) is 2. The Kier molecular flexibility index (Phi) is 3.52. The van der Waals surface area contributed by atoms with Crippen LogP contribution in [-0.4, -0.2) is 25.5 Å². The zero-order valence-corrected chi connectivity index (χ0v) is 12.8. The summed E-state index contributed by atoms with van der Waals surface area (Å²) in [6, 6.07) is 6.61. The molecule has 1 heterocycles. The van der Waals surface area contributed by atoms with E-state index in [4.69, 9.17) is 0 Å². The zero-order chi connectivity index (χ0) is 13.4. The first-order valence-corrected chi connectivity index (χ1v) is 7.79. The molecular weight excluding hydrogens is 304 g/mol. The number of rotatable bonds is 1. The van der Waals surface area contributed by atoms with Gasteiger partial charge in [0.15, 0.2) is 0 Å². The maximum absolute atomic E-state index is 12.4. The number of anilines is 2. The summed E-state index contributed by atoms with van der Waals surface area (Å²) in [6.07, 6.45) is 6.09. The molecule has 3 rings (SSSR count). The van der Waals surface area contributed by atoms with E-state index in [1.807, 2.05) is 18.0 Å². The van der Waals surface area contributed by atoms with Crippen LogP contribution in [0.15, 0.2) is 22.7 Å². The molecule has 0 radical (unpaired) electrons. The fourth-order valence-electron chi connectivity index (χ4n) is 3.24. The van der Waals surface area contributed by atoms with Gasteiger partial charge < -0.3 is 9.80 Å². The lowest BCUT2D eigenvalue weighted by Crippen LogP contribution is -2.50. The molecule has 1 amide bonds. The zero-order valence-electron chi connectivity index (χ0n) is 11.2. The second-order valence-electron chi connectivity index (χ2n) is 5.54. The Labute approximate surface area is 122 Å². The van der Waals surface area contributed by atoms with E-state index in [2.05, 4.69) is 33.0 Å². The Hall–Kier alpha value is -1.03. The minimum atomic E-state index is 0.240. The molecular formula is C15H19BrN2O. The molecule has 0 atom stereocenters. The first-order valence-electron chi connectivity index (χ1n) is 6.99. The van der Waals surface area contributed by atoms with E-state index in [-0.39, 0.29) is 5.91 Å². The van der Waals surface area contributed by atoms with Crippen molar-refractivity contribution in [2.24, 2.45) is 0 Å². The molecule has 1 aliphatic heterocycles. The monoisotopic (exact) mass is 322 g/mol. The number of halogens is 1. The number of amides is 1. The van der Waals surface area contributed by atoms with Crippen LogP contribution in [-0.2, 0) is 4.79 Å². The Morgan fingerprint density at radius 2 is 1.89 bits per heavy atom. The standard InChI is InChI=1S/C15H19BrN2O/c1-17-10-15(19)18(12-5-3-2-4-6-12)13-8-7-11(16)9-14(13)17/h7-9,12H,2-6,10H2,1H3. The van der Waals surface area contributed by atoms with Gasteiger partial charge in [-0.25, -0.2) is 0 Å². The summed E-state index contributed by atoms with van der Waals surface area (Å²) < 4.78 is 1.07. The molecule has 1 saturated carbocycles. The Bertz CT molecular complexity index is 497. The topological polar surface area (TPSA) is 23.6 Å². The van der Waals surface area contributed by atoms with Crippen LogP contribution in [0.4, 0.5) is 11.4 Å². The number of carbonyl (C=O) groups is 1. The highest BCUT2D eigenvalue weighted by atomic mass is 79.9. The normalized spacial score (nSPS) is 20.6. The van der Waals surface area contributed by atoms with Crippen LogP contribution < -0.4 is 9.80 Å². The van der Waals surface area contributed by atoms with Gasteiger partial charge in [0, 0.05) is 17.6 Å². The molecule has 0 spiro atoms. The summed E-state index contributed by atoms with van der Waals surface area (Å²) in [7, 11) is 1.99. The van der Waals surface area contributed by atoms with Gasteiger partial charge in [-0.05, 0) is 31.0 Å². The van der Waals surface area contributed by atoms with E-state index in [1.54, 1.807) is 0 Å². The molecule has 0 bridgehead atoms. The lowest BCUT2D eigenvalue weighted by Gasteiger charge is -2.41. The predicted octanol–water partition coefficient (Wildman–Crippen LogP) is 3.56. The van der Waals surface area contributed by atoms with Gasteiger partial charge in [-0.2, -0.15) is 0 Å². The van der Waals surface area contributed by atoms with Gasteiger partial charge in [0.05, 0.1) is 17.9 Å². The number of carbonyl (C=O) groups excluding carboxylic acids is 1. The van der Waals surface area contributed by atoms with Crippen molar-refractivity contribution in [1.82, 2.24) is 0 Å². The summed E-state index contributed by atoms with van der Waals surface area (Å²) in [5.41, 5.74) is 2.23. The molecule has 1 fully saturated rings. The van der Waals surface area contributed by atoms with Gasteiger partial charge in [0.25, 0.3) is 0 Å². The second-order valence-corrected chi connectivity index (χ2v) is 6.46. The van der Waals surface area contributed by atoms with E-state index >= 15 is 0 Å². The van der Waals surface area contributed by atoms with E-state index in [9.17, 15) is 4.79 Å². The molecule has 0 aromatic heterocycles. The maximum Gasteiger partial charge on any atom is 0.246 e. The lowest BCUT2D eigenvalue weighted by molar-refractivity contribution is -0.118. The van der Waals surface area contributed by atoms with E-state index in [1.165, 1.54) is 19.3 Å². The fraction of sp³-hybridized carbons (Fsp3) is 0.533. The van der Waals surface area contributed by atoms with Gasteiger partial charge in [-0.3, -0.25) is 4.79 Å². The van der Waals surface area contributed by atoms with E-state index < -0.39 is 0 Å². The van der Waals surface area contributed by atoms with E-state index in [0.717, 1.165) is 28.7 Å². The second kappa shape index (κ2) is 5.16. The molecule has 0 unspecified atom stereocenters. The molecule has 0 N–H and O–H groups in total. The number of fused-ring (bicyclic) bond motifs is 1. The molecule has 1 aromatic rings. The lowest BCUT2D eigenvalue weighted by atomic mass is 9.93. The third-order valence-electron chi connectivity index (χ3n) is 4.19. The number of likely N-dealkylation sites (N-methyl/N-ethyl adjacent to an activating group) is 1. The average Bonchev–Trinajstić information content (AvgIpc) is 2.41. The van der Waals surface area contributed by atoms with Gasteiger partial charge in [-0.1, -0.05) is 35.2 Å². The van der Waals surface area contributed by atoms with Crippen LogP contribution in [0.2, 0.25) is 0 Å². The van der Waals surface area contributed by atoms with Crippen molar-refractivity contribution in [2.75, 3.05) is 23.4 Å². The molecule has 3 nitrogen and oxygen atoms in total. The van der Waals surface area contributed by atoms with Crippen LogP contribution >= 0.6 is 15.9 Å².